The first-order valence-electron chi connectivity index (χ1n) is 5.41. The molecule has 100 valence electrons. The van der Waals surface area contributed by atoms with Crippen molar-refractivity contribution in [1.82, 2.24) is 5.01 Å². The molecule has 0 radical (unpaired) electrons. The summed E-state index contributed by atoms with van der Waals surface area (Å²) < 4.78 is 48.7. The van der Waals surface area contributed by atoms with Gasteiger partial charge in [-0.25, -0.2) is 5.01 Å². The molecule has 0 fully saturated rings. The monoisotopic (exact) mass is 262 g/mol. The highest BCUT2D eigenvalue weighted by Gasteiger charge is 2.33. The quantitative estimate of drug-likeness (QED) is 0.829. The Morgan fingerprint density at radius 1 is 1.44 bits per heavy atom. The average molecular weight is 262 g/mol. The molecule has 1 aromatic carbocycles. The smallest absolute Gasteiger partial charge is 0.416 e. The number of benzene rings is 1. The second kappa shape index (κ2) is 4.66. The molecule has 0 amide bonds. The van der Waals surface area contributed by atoms with Crippen molar-refractivity contribution in [2.75, 3.05) is 13.3 Å². The lowest BCUT2D eigenvalue weighted by molar-refractivity contribution is -0.137. The van der Waals surface area contributed by atoms with Crippen LogP contribution in [0.4, 0.5) is 13.2 Å². The number of nitrogens with zero attached hydrogens (tertiary/aromatic N) is 1. The standard InChI is InChI=1S/C11H13F3N2O2/c1-2-17-9-4-8(11(12,13)14)3-7-5-16(15)6-18-10(7)9/h3-4H,2,5-6,15H2,1H3. The van der Waals surface area contributed by atoms with E-state index in [9.17, 15) is 13.2 Å². The Morgan fingerprint density at radius 2 is 2.17 bits per heavy atom. The van der Waals surface area contributed by atoms with Crippen molar-refractivity contribution in [2.45, 2.75) is 19.6 Å². The molecule has 2 rings (SSSR count). The SMILES string of the molecule is CCOc1cc(C(F)(F)F)cc2c1OCN(N)C2. The van der Waals surface area contributed by atoms with Gasteiger partial charge in [-0.05, 0) is 19.1 Å². The van der Waals surface area contributed by atoms with Crippen LogP contribution < -0.4 is 15.3 Å². The van der Waals surface area contributed by atoms with E-state index in [1.807, 2.05) is 0 Å². The van der Waals surface area contributed by atoms with Gasteiger partial charge in [-0.2, -0.15) is 13.2 Å². The number of hydrogen-bond acceptors (Lipinski definition) is 4. The van der Waals surface area contributed by atoms with Crippen LogP contribution in [0.1, 0.15) is 18.1 Å². The second-order valence-electron chi connectivity index (χ2n) is 3.91. The van der Waals surface area contributed by atoms with Crippen molar-refractivity contribution >= 4 is 0 Å². The summed E-state index contributed by atoms with van der Waals surface area (Å²) in [5.74, 6) is 5.97. The van der Waals surface area contributed by atoms with Gasteiger partial charge in [0.1, 0.15) is 0 Å². The summed E-state index contributed by atoms with van der Waals surface area (Å²) in [5, 5.41) is 1.29. The van der Waals surface area contributed by atoms with Crippen molar-refractivity contribution in [3.63, 3.8) is 0 Å². The molecule has 0 saturated carbocycles. The van der Waals surface area contributed by atoms with Gasteiger partial charge in [0.2, 0.25) is 0 Å². The van der Waals surface area contributed by atoms with E-state index in [-0.39, 0.29) is 25.6 Å². The van der Waals surface area contributed by atoms with Crippen LogP contribution in [0.15, 0.2) is 12.1 Å². The molecular formula is C11H13F3N2O2. The normalized spacial score (nSPS) is 16.1. The van der Waals surface area contributed by atoms with Gasteiger partial charge < -0.3 is 9.47 Å². The number of halogens is 3. The molecule has 0 saturated heterocycles. The van der Waals surface area contributed by atoms with Crippen molar-refractivity contribution in [3.8, 4) is 11.5 Å². The lowest BCUT2D eigenvalue weighted by atomic mass is 10.1. The Labute approximate surface area is 102 Å². The molecular weight excluding hydrogens is 249 g/mol. The fourth-order valence-electron chi connectivity index (χ4n) is 1.78. The summed E-state index contributed by atoms with van der Waals surface area (Å²) in [4.78, 5) is 0. The molecule has 0 bridgehead atoms. The Kier molecular flexibility index (Phi) is 3.36. The fraction of sp³-hybridized carbons (Fsp3) is 0.455. The Balaban J connectivity index is 2.48. The first-order valence-corrected chi connectivity index (χ1v) is 5.41. The zero-order chi connectivity index (χ0) is 13.3. The molecule has 1 aromatic rings. The summed E-state index contributed by atoms with van der Waals surface area (Å²) in [5.41, 5.74) is -0.384. The van der Waals surface area contributed by atoms with E-state index in [0.717, 1.165) is 12.1 Å². The summed E-state index contributed by atoms with van der Waals surface area (Å²) in [6.07, 6.45) is -4.42. The molecule has 2 N–H and O–H groups in total. The van der Waals surface area contributed by atoms with Gasteiger partial charge in [0.25, 0.3) is 0 Å². The Morgan fingerprint density at radius 3 is 2.78 bits per heavy atom. The molecule has 0 unspecified atom stereocenters. The maximum absolute atomic E-state index is 12.7. The minimum Gasteiger partial charge on any atom is -0.490 e. The first-order chi connectivity index (χ1) is 8.41. The van der Waals surface area contributed by atoms with Gasteiger partial charge in [0, 0.05) is 12.1 Å². The van der Waals surface area contributed by atoms with Crippen molar-refractivity contribution in [2.24, 2.45) is 5.84 Å². The van der Waals surface area contributed by atoms with Gasteiger partial charge in [-0.1, -0.05) is 0 Å². The molecule has 0 atom stereocenters. The Bertz CT molecular complexity index is 431. The number of alkyl halides is 3. The van der Waals surface area contributed by atoms with Crippen LogP contribution in [-0.4, -0.2) is 18.3 Å². The molecule has 1 heterocycles. The maximum Gasteiger partial charge on any atom is 0.416 e. The van der Waals surface area contributed by atoms with Crippen LogP contribution in [0.3, 0.4) is 0 Å². The summed E-state index contributed by atoms with van der Waals surface area (Å²) in [6, 6.07) is 1.99. The van der Waals surface area contributed by atoms with E-state index in [1.165, 1.54) is 5.01 Å². The lowest BCUT2D eigenvalue weighted by Crippen LogP contribution is -2.37. The predicted molar refractivity (Wildman–Crippen MR) is 57.8 cm³/mol. The third-order valence-corrected chi connectivity index (χ3v) is 2.51. The predicted octanol–water partition coefficient (Wildman–Crippen LogP) is 2.13. The van der Waals surface area contributed by atoms with E-state index in [2.05, 4.69) is 0 Å². The fourth-order valence-corrected chi connectivity index (χ4v) is 1.78. The molecule has 1 aliphatic heterocycles. The number of ether oxygens (including phenoxy) is 2. The van der Waals surface area contributed by atoms with E-state index in [0.29, 0.717) is 11.3 Å². The van der Waals surface area contributed by atoms with Crippen LogP contribution in [0.5, 0.6) is 11.5 Å². The summed E-state index contributed by atoms with van der Waals surface area (Å²) >= 11 is 0. The highest BCUT2D eigenvalue weighted by Crippen LogP contribution is 2.40. The first kappa shape index (κ1) is 13.0. The number of nitrogens with two attached hydrogens (primary N) is 1. The maximum atomic E-state index is 12.7. The second-order valence-corrected chi connectivity index (χ2v) is 3.91. The minimum atomic E-state index is -4.42. The summed E-state index contributed by atoms with van der Waals surface area (Å²) in [7, 11) is 0. The number of fused-ring (bicyclic) bond motifs is 1. The molecule has 0 spiro atoms. The number of hydrogen-bond donors (Lipinski definition) is 1. The van der Waals surface area contributed by atoms with Gasteiger partial charge in [-0.3, -0.25) is 5.84 Å². The van der Waals surface area contributed by atoms with E-state index in [4.69, 9.17) is 15.3 Å². The van der Waals surface area contributed by atoms with Crippen molar-refractivity contribution in [1.29, 1.82) is 0 Å². The van der Waals surface area contributed by atoms with Gasteiger partial charge in [-0.15, -0.1) is 0 Å². The molecule has 7 heteroatoms. The highest BCUT2D eigenvalue weighted by atomic mass is 19.4. The molecule has 1 aliphatic rings. The third-order valence-electron chi connectivity index (χ3n) is 2.51. The van der Waals surface area contributed by atoms with Crippen LogP contribution in [-0.2, 0) is 12.7 Å². The average Bonchev–Trinajstić information content (AvgIpc) is 2.27. The van der Waals surface area contributed by atoms with Gasteiger partial charge >= 0.3 is 6.18 Å². The van der Waals surface area contributed by atoms with Crippen LogP contribution in [0.2, 0.25) is 0 Å². The van der Waals surface area contributed by atoms with E-state index in [1.54, 1.807) is 6.92 Å². The van der Waals surface area contributed by atoms with Crippen LogP contribution in [0, 0.1) is 0 Å². The van der Waals surface area contributed by atoms with Gasteiger partial charge in [0.15, 0.2) is 18.2 Å². The van der Waals surface area contributed by atoms with E-state index >= 15 is 0 Å². The lowest BCUT2D eigenvalue weighted by Gasteiger charge is -2.27. The molecule has 0 aromatic heterocycles. The largest absolute Gasteiger partial charge is 0.490 e. The van der Waals surface area contributed by atoms with Gasteiger partial charge in [0.05, 0.1) is 12.2 Å². The van der Waals surface area contributed by atoms with Crippen molar-refractivity contribution < 1.29 is 22.6 Å². The number of hydrazine groups is 1. The molecule has 0 aliphatic carbocycles. The molecule has 4 nitrogen and oxygen atoms in total. The zero-order valence-corrected chi connectivity index (χ0v) is 9.75. The van der Waals surface area contributed by atoms with Crippen molar-refractivity contribution in [3.05, 3.63) is 23.3 Å². The third kappa shape index (κ3) is 2.51. The van der Waals surface area contributed by atoms with Crippen LogP contribution >= 0.6 is 0 Å². The zero-order valence-electron chi connectivity index (χ0n) is 9.75. The minimum absolute atomic E-state index is 0.107. The summed E-state index contributed by atoms with van der Waals surface area (Å²) in [6.45, 7) is 2.28. The molecule has 18 heavy (non-hydrogen) atoms. The topological polar surface area (TPSA) is 47.7 Å². The number of rotatable bonds is 2. The Hall–Kier alpha value is -1.47. The van der Waals surface area contributed by atoms with Crippen LogP contribution in [0.25, 0.3) is 0 Å². The van der Waals surface area contributed by atoms with E-state index < -0.39 is 11.7 Å². The highest BCUT2D eigenvalue weighted by molar-refractivity contribution is 5.50.